The van der Waals surface area contributed by atoms with E-state index in [1.165, 1.54) is 10.6 Å². The topological polar surface area (TPSA) is 7.68 Å². The third-order valence-corrected chi connectivity index (χ3v) is 2.25. The SMILES string of the molecule is CN(C)C1=CC=CC=CC1[NH+](C)C. The summed E-state index contributed by atoms with van der Waals surface area (Å²) < 4.78 is 0. The molecule has 0 spiro atoms. The van der Waals surface area contributed by atoms with E-state index in [0.29, 0.717) is 6.04 Å². The molecule has 0 aliphatic heterocycles. The van der Waals surface area contributed by atoms with Crippen molar-refractivity contribution in [3.8, 4) is 0 Å². The Morgan fingerprint density at radius 1 is 1.15 bits per heavy atom. The maximum atomic E-state index is 2.24. The lowest BCUT2D eigenvalue weighted by molar-refractivity contribution is -0.873. The lowest BCUT2D eigenvalue weighted by atomic mass is 10.1. The van der Waals surface area contributed by atoms with Gasteiger partial charge >= 0.3 is 0 Å². The monoisotopic (exact) mass is 179 g/mol. The van der Waals surface area contributed by atoms with Crippen LogP contribution in [0.1, 0.15) is 0 Å². The van der Waals surface area contributed by atoms with Crippen LogP contribution in [0.2, 0.25) is 0 Å². The molecular formula is C11H19N2+. The molecule has 0 saturated carbocycles. The van der Waals surface area contributed by atoms with Crippen LogP contribution in [0.4, 0.5) is 0 Å². The second-order valence-corrected chi connectivity index (χ2v) is 3.81. The van der Waals surface area contributed by atoms with E-state index in [-0.39, 0.29) is 0 Å². The maximum absolute atomic E-state index is 2.24. The second kappa shape index (κ2) is 4.28. The summed E-state index contributed by atoms with van der Waals surface area (Å²) in [5.74, 6) is 0. The number of quaternary nitrogens is 1. The minimum Gasteiger partial charge on any atom is -0.376 e. The predicted molar refractivity (Wildman–Crippen MR) is 56.6 cm³/mol. The van der Waals surface area contributed by atoms with E-state index in [4.69, 9.17) is 0 Å². The number of hydrogen-bond donors (Lipinski definition) is 1. The van der Waals surface area contributed by atoms with Crippen molar-refractivity contribution in [2.24, 2.45) is 0 Å². The van der Waals surface area contributed by atoms with Gasteiger partial charge in [0, 0.05) is 14.1 Å². The lowest BCUT2D eigenvalue weighted by Gasteiger charge is -2.25. The van der Waals surface area contributed by atoms with Crippen LogP contribution in [0.25, 0.3) is 0 Å². The fourth-order valence-corrected chi connectivity index (χ4v) is 1.51. The third kappa shape index (κ3) is 2.46. The van der Waals surface area contributed by atoms with Crippen molar-refractivity contribution < 1.29 is 4.90 Å². The molecule has 0 fully saturated rings. The molecule has 0 aromatic heterocycles. The van der Waals surface area contributed by atoms with Gasteiger partial charge in [0.05, 0.1) is 19.8 Å². The molecule has 1 aliphatic carbocycles. The first-order valence-electron chi connectivity index (χ1n) is 4.65. The minimum absolute atomic E-state index is 0.463. The normalized spacial score (nSPS) is 21.6. The molecule has 72 valence electrons. The summed E-state index contributed by atoms with van der Waals surface area (Å²) in [4.78, 5) is 3.61. The van der Waals surface area contributed by atoms with Gasteiger partial charge in [0.1, 0.15) is 6.04 Å². The first kappa shape index (κ1) is 10.1. The highest BCUT2D eigenvalue weighted by molar-refractivity contribution is 5.26. The van der Waals surface area contributed by atoms with Gasteiger partial charge in [-0.15, -0.1) is 0 Å². The van der Waals surface area contributed by atoms with Crippen LogP contribution < -0.4 is 4.90 Å². The smallest absolute Gasteiger partial charge is 0.146 e. The molecule has 1 atom stereocenters. The number of allylic oxidation sites excluding steroid dienone is 4. The van der Waals surface area contributed by atoms with E-state index in [1.54, 1.807) is 0 Å². The van der Waals surface area contributed by atoms with Gasteiger partial charge in [-0.05, 0) is 12.2 Å². The molecule has 0 saturated heterocycles. The maximum Gasteiger partial charge on any atom is 0.146 e. The summed E-state index contributed by atoms with van der Waals surface area (Å²) in [6.45, 7) is 0. The van der Waals surface area contributed by atoms with E-state index in [1.807, 2.05) is 0 Å². The summed E-state index contributed by atoms with van der Waals surface area (Å²) in [5, 5.41) is 0. The van der Waals surface area contributed by atoms with Gasteiger partial charge in [-0.3, -0.25) is 0 Å². The number of rotatable bonds is 2. The van der Waals surface area contributed by atoms with Crippen molar-refractivity contribution in [1.29, 1.82) is 0 Å². The highest BCUT2D eigenvalue weighted by atomic mass is 15.2. The van der Waals surface area contributed by atoms with E-state index < -0.39 is 0 Å². The average molecular weight is 179 g/mol. The Labute approximate surface area is 80.8 Å². The average Bonchev–Trinajstić information content (AvgIpc) is 2.27. The van der Waals surface area contributed by atoms with Gasteiger partial charge in [-0.1, -0.05) is 18.2 Å². The van der Waals surface area contributed by atoms with E-state index in [2.05, 4.69) is 63.5 Å². The Morgan fingerprint density at radius 3 is 2.38 bits per heavy atom. The Balaban J connectivity index is 2.91. The molecule has 0 heterocycles. The molecule has 1 N–H and O–H groups in total. The molecule has 0 aromatic carbocycles. The first-order chi connectivity index (χ1) is 6.13. The van der Waals surface area contributed by atoms with E-state index in [9.17, 15) is 0 Å². The predicted octanol–water partition coefficient (Wildman–Crippen LogP) is 0.0710. The van der Waals surface area contributed by atoms with Crippen LogP contribution in [0.3, 0.4) is 0 Å². The van der Waals surface area contributed by atoms with Gasteiger partial charge in [-0.25, -0.2) is 0 Å². The Bertz CT molecular complexity index is 247. The summed E-state index contributed by atoms with van der Waals surface area (Å²) >= 11 is 0. The first-order valence-corrected chi connectivity index (χ1v) is 4.65. The van der Waals surface area contributed by atoms with Crippen molar-refractivity contribution in [3.05, 3.63) is 36.1 Å². The zero-order valence-corrected chi connectivity index (χ0v) is 8.91. The van der Waals surface area contributed by atoms with Gasteiger partial charge in [0.25, 0.3) is 0 Å². The summed E-state index contributed by atoms with van der Waals surface area (Å²) in [7, 11) is 8.54. The van der Waals surface area contributed by atoms with E-state index >= 15 is 0 Å². The molecule has 0 bridgehead atoms. The minimum atomic E-state index is 0.463. The van der Waals surface area contributed by atoms with Gasteiger partial charge in [0.15, 0.2) is 0 Å². The Morgan fingerprint density at radius 2 is 1.85 bits per heavy atom. The second-order valence-electron chi connectivity index (χ2n) is 3.81. The molecule has 2 heteroatoms. The van der Waals surface area contributed by atoms with Crippen LogP contribution in [-0.2, 0) is 0 Å². The fraction of sp³-hybridized carbons (Fsp3) is 0.455. The number of likely N-dealkylation sites (N-methyl/N-ethyl adjacent to an activating group) is 2. The summed E-state index contributed by atoms with van der Waals surface area (Å²) in [6.07, 6.45) is 10.7. The van der Waals surface area contributed by atoms with Crippen molar-refractivity contribution in [2.45, 2.75) is 6.04 Å². The van der Waals surface area contributed by atoms with Crippen LogP contribution in [0.15, 0.2) is 36.1 Å². The summed E-state index contributed by atoms with van der Waals surface area (Å²) in [6, 6.07) is 0.463. The van der Waals surface area contributed by atoms with Crippen LogP contribution in [-0.4, -0.2) is 39.1 Å². The van der Waals surface area contributed by atoms with Crippen molar-refractivity contribution in [2.75, 3.05) is 28.2 Å². The molecule has 0 radical (unpaired) electrons. The lowest BCUT2D eigenvalue weighted by Crippen LogP contribution is -3.10. The molecule has 0 aromatic rings. The number of hydrogen-bond acceptors (Lipinski definition) is 1. The molecule has 0 amide bonds. The molecule has 2 nitrogen and oxygen atoms in total. The Kier molecular flexibility index (Phi) is 3.32. The highest BCUT2D eigenvalue weighted by Crippen LogP contribution is 2.07. The van der Waals surface area contributed by atoms with E-state index in [0.717, 1.165) is 0 Å². The fourth-order valence-electron chi connectivity index (χ4n) is 1.51. The summed E-state index contributed by atoms with van der Waals surface area (Å²) in [5.41, 5.74) is 1.35. The molecule has 1 aliphatic rings. The van der Waals surface area contributed by atoms with Gasteiger partial charge in [0.2, 0.25) is 0 Å². The molecule has 1 rings (SSSR count). The quantitative estimate of drug-likeness (QED) is 0.630. The Hall–Kier alpha value is -1.02. The van der Waals surface area contributed by atoms with Gasteiger partial charge < -0.3 is 9.80 Å². The van der Waals surface area contributed by atoms with Crippen molar-refractivity contribution >= 4 is 0 Å². The standard InChI is InChI=1S/C11H18N2/c1-12(2)10-8-6-5-7-9-11(10)13(3)4/h5-10H,1-4H3/p+1. The molecule has 1 unspecified atom stereocenters. The van der Waals surface area contributed by atoms with Crippen LogP contribution >= 0.6 is 0 Å². The van der Waals surface area contributed by atoms with Gasteiger partial charge in [-0.2, -0.15) is 0 Å². The third-order valence-electron chi connectivity index (χ3n) is 2.25. The molecule has 13 heavy (non-hydrogen) atoms. The number of nitrogens with one attached hydrogen (secondary N) is 1. The molecular weight excluding hydrogens is 160 g/mol. The van der Waals surface area contributed by atoms with Crippen LogP contribution in [0.5, 0.6) is 0 Å². The number of nitrogens with zero attached hydrogens (tertiary/aromatic N) is 1. The van der Waals surface area contributed by atoms with Crippen LogP contribution in [0, 0.1) is 0 Å². The largest absolute Gasteiger partial charge is 0.376 e. The van der Waals surface area contributed by atoms with Crippen molar-refractivity contribution in [1.82, 2.24) is 4.90 Å². The van der Waals surface area contributed by atoms with Crippen molar-refractivity contribution in [3.63, 3.8) is 0 Å². The zero-order valence-electron chi connectivity index (χ0n) is 8.91. The zero-order chi connectivity index (χ0) is 9.84. The highest BCUT2D eigenvalue weighted by Gasteiger charge is 2.18.